The number of amides is 2. The summed E-state index contributed by atoms with van der Waals surface area (Å²) in [6, 6.07) is 9.83. The average Bonchev–Trinajstić information content (AvgIpc) is 3.17. The lowest BCUT2D eigenvalue weighted by molar-refractivity contribution is -0.121. The van der Waals surface area contributed by atoms with Gasteiger partial charge in [0.15, 0.2) is 5.82 Å². The van der Waals surface area contributed by atoms with Gasteiger partial charge >= 0.3 is 0 Å². The van der Waals surface area contributed by atoms with Crippen LogP contribution in [0.5, 0.6) is 0 Å². The molecule has 1 atom stereocenters. The Kier molecular flexibility index (Phi) is 6.25. The number of hydrogen-bond acceptors (Lipinski definition) is 4. The van der Waals surface area contributed by atoms with Gasteiger partial charge in [-0.1, -0.05) is 29.3 Å². The van der Waals surface area contributed by atoms with Crippen molar-refractivity contribution >= 4 is 40.7 Å². The Balaban J connectivity index is 1.56. The Hall–Kier alpha value is -2.90. The van der Waals surface area contributed by atoms with Crippen molar-refractivity contribution in [2.24, 2.45) is 0 Å². The second-order valence-corrected chi connectivity index (χ2v) is 8.19. The van der Waals surface area contributed by atoms with E-state index in [0.717, 1.165) is 12.8 Å². The number of nitrogens with zero attached hydrogens (tertiary/aromatic N) is 4. The highest BCUT2D eigenvalue weighted by molar-refractivity contribution is 6.42. The minimum absolute atomic E-state index is 0.214. The number of anilines is 1. The third-order valence-electron chi connectivity index (χ3n) is 5.36. The molecule has 1 fully saturated rings. The van der Waals surface area contributed by atoms with E-state index in [1.165, 1.54) is 6.20 Å². The Morgan fingerprint density at radius 2 is 1.97 bits per heavy atom. The molecule has 160 valence electrons. The maximum Gasteiger partial charge on any atom is 0.258 e. The lowest BCUT2D eigenvalue weighted by Crippen LogP contribution is -2.50. The lowest BCUT2D eigenvalue weighted by Gasteiger charge is -2.34. The highest BCUT2D eigenvalue weighted by atomic mass is 35.5. The molecule has 1 N–H and O–H groups in total. The number of halogens is 2. The molecular weight excluding hydrogens is 437 g/mol. The molecule has 9 heteroatoms. The molecule has 1 unspecified atom stereocenters. The predicted octanol–water partition coefficient (Wildman–Crippen LogP) is 4.52. The van der Waals surface area contributed by atoms with Crippen molar-refractivity contribution in [3.63, 3.8) is 0 Å². The van der Waals surface area contributed by atoms with Gasteiger partial charge in [0.2, 0.25) is 5.91 Å². The summed E-state index contributed by atoms with van der Waals surface area (Å²) < 4.78 is 1.63. The fourth-order valence-electron chi connectivity index (χ4n) is 3.73. The largest absolute Gasteiger partial charge is 0.327 e. The molecule has 4 rings (SSSR count). The number of nitrogens with one attached hydrogen (secondary N) is 1. The zero-order valence-corrected chi connectivity index (χ0v) is 18.4. The summed E-state index contributed by atoms with van der Waals surface area (Å²) in [6.07, 6.45) is 5.51. The molecular formula is C22H21Cl2N5O2. The van der Waals surface area contributed by atoms with Crippen LogP contribution < -0.4 is 5.32 Å². The lowest BCUT2D eigenvalue weighted by atomic mass is 10.00. The molecule has 31 heavy (non-hydrogen) atoms. The molecule has 3 aromatic rings. The van der Waals surface area contributed by atoms with Crippen LogP contribution in [0, 0.1) is 6.92 Å². The maximum atomic E-state index is 13.4. The van der Waals surface area contributed by atoms with Gasteiger partial charge in [-0.15, -0.1) is 0 Å². The fourth-order valence-corrected chi connectivity index (χ4v) is 4.03. The standard InChI is InChI=1S/C22H21Cl2N5O2/c1-14-16(13-26-29(14)20-7-2-4-10-25-20)22(31)28-11-5-3-6-19(28)21(30)27-15-8-9-17(23)18(24)12-15/h2,4,7-10,12-13,19H,3,5-6,11H2,1H3,(H,27,30). The Morgan fingerprint density at radius 1 is 1.13 bits per heavy atom. The number of pyridine rings is 1. The number of hydrogen-bond donors (Lipinski definition) is 1. The smallest absolute Gasteiger partial charge is 0.258 e. The van der Waals surface area contributed by atoms with Crippen LogP contribution in [-0.2, 0) is 4.79 Å². The van der Waals surface area contributed by atoms with E-state index in [9.17, 15) is 9.59 Å². The Bertz CT molecular complexity index is 1120. The average molecular weight is 458 g/mol. The quantitative estimate of drug-likeness (QED) is 0.624. The molecule has 1 saturated heterocycles. The predicted molar refractivity (Wildman–Crippen MR) is 120 cm³/mol. The normalized spacial score (nSPS) is 16.2. The molecule has 1 aromatic carbocycles. The topological polar surface area (TPSA) is 80.1 Å². The molecule has 0 aliphatic carbocycles. The molecule has 0 spiro atoms. The van der Waals surface area contributed by atoms with Gasteiger partial charge in [-0.3, -0.25) is 9.59 Å². The molecule has 0 radical (unpaired) electrons. The van der Waals surface area contributed by atoms with E-state index < -0.39 is 6.04 Å². The van der Waals surface area contributed by atoms with Crippen molar-refractivity contribution < 1.29 is 9.59 Å². The fraction of sp³-hybridized carbons (Fsp3) is 0.273. The van der Waals surface area contributed by atoms with Gasteiger partial charge in [-0.05, 0) is 56.5 Å². The van der Waals surface area contributed by atoms with Gasteiger partial charge in [0.25, 0.3) is 5.91 Å². The monoisotopic (exact) mass is 457 g/mol. The minimum atomic E-state index is -0.576. The van der Waals surface area contributed by atoms with Crippen LogP contribution in [0.1, 0.15) is 35.3 Å². The van der Waals surface area contributed by atoms with Crippen LogP contribution in [0.4, 0.5) is 5.69 Å². The number of carbonyl (C=O) groups is 2. The van der Waals surface area contributed by atoms with Gasteiger partial charge < -0.3 is 10.2 Å². The zero-order valence-electron chi connectivity index (χ0n) is 16.9. The summed E-state index contributed by atoms with van der Waals surface area (Å²) >= 11 is 12.0. The van der Waals surface area contributed by atoms with Gasteiger partial charge in [0, 0.05) is 18.4 Å². The molecule has 3 heterocycles. The van der Waals surface area contributed by atoms with Crippen LogP contribution in [-0.4, -0.2) is 44.1 Å². The van der Waals surface area contributed by atoms with Gasteiger partial charge in [-0.25, -0.2) is 9.67 Å². The highest BCUT2D eigenvalue weighted by Crippen LogP contribution is 2.27. The van der Waals surface area contributed by atoms with Crippen molar-refractivity contribution in [3.05, 3.63) is 70.1 Å². The molecule has 2 aromatic heterocycles. The summed E-state index contributed by atoms with van der Waals surface area (Å²) in [5.41, 5.74) is 1.68. The second-order valence-electron chi connectivity index (χ2n) is 7.37. The number of benzene rings is 1. The van der Waals surface area contributed by atoms with E-state index in [1.807, 2.05) is 25.1 Å². The number of rotatable bonds is 4. The van der Waals surface area contributed by atoms with E-state index in [4.69, 9.17) is 23.2 Å². The molecule has 0 saturated carbocycles. The molecule has 1 aliphatic rings. The zero-order chi connectivity index (χ0) is 22.0. The van der Waals surface area contributed by atoms with E-state index in [-0.39, 0.29) is 11.8 Å². The summed E-state index contributed by atoms with van der Waals surface area (Å²) in [6.45, 7) is 2.33. The van der Waals surface area contributed by atoms with Crippen molar-refractivity contribution in [2.75, 3.05) is 11.9 Å². The van der Waals surface area contributed by atoms with Crippen LogP contribution in [0.25, 0.3) is 5.82 Å². The van der Waals surface area contributed by atoms with E-state index in [1.54, 1.807) is 34.0 Å². The summed E-state index contributed by atoms with van der Waals surface area (Å²) in [5, 5.41) is 7.96. The summed E-state index contributed by atoms with van der Waals surface area (Å²) in [5.74, 6) is 0.168. The van der Waals surface area contributed by atoms with Crippen LogP contribution in [0.15, 0.2) is 48.8 Å². The summed E-state index contributed by atoms with van der Waals surface area (Å²) in [7, 11) is 0. The van der Waals surface area contributed by atoms with Gasteiger partial charge in [0.1, 0.15) is 6.04 Å². The third-order valence-corrected chi connectivity index (χ3v) is 6.10. The van der Waals surface area contributed by atoms with Crippen LogP contribution >= 0.6 is 23.2 Å². The first-order valence-corrected chi connectivity index (χ1v) is 10.7. The third kappa shape index (κ3) is 4.43. The van der Waals surface area contributed by atoms with Crippen LogP contribution in [0.3, 0.4) is 0 Å². The summed E-state index contributed by atoms with van der Waals surface area (Å²) in [4.78, 5) is 32.3. The molecule has 7 nitrogen and oxygen atoms in total. The number of carbonyl (C=O) groups excluding carboxylic acids is 2. The van der Waals surface area contributed by atoms with Gasteiger partial charge in [0.05, 0.1) is 27.5 Å². The molecule has 2 amide bonds. The Labute approximate surface area is 190 Å². The minimum Gasteiger partial charge on any atom is -0.327 e. The Morgan fingerprint density at radius 3 is 2.71 bits per heavy atom. The maximum absolute atomic E-state index is 13.4. The second kappa shape index (κ2) is 9.08. The SMILES string of the molecule is Cc1c(C(=O)N2CCCCC2C(=O)Nc2ccc(Cl)c(Cl)c2)cnn1-c1ccccn1. The number of aromatic nitrogens is 3. The molecule has 1 aliphatic heterocycles. The van der Waals surface area contributed by atoms with E-state index in [0.29, 0.717) is 45.8 Å². The highest BCUT2D eigenvalue weighted by Gasteiger charge is 2.34. The van der Waals surface area contributed by atoms with E-state index >= 15 is 0 Å². The number of likely N-dealkylation sites (tertiary alicyclic amines) is 1. The van der Waals surface area contributed by atoms with Crippen LogP contribution in [0.2, 0.25) is 10.0 Å². The first kappa shape index (κ1) is 21.3. The van der Waals surface area contributed by atoms with E-state index in [2.05, 4.69) is 15.4 Å². The van der Waals surface area contributed by atoms with Crippen molar-refractivity contribution in [2.45, 2.75) is 32.2 Å². The molecule has 0 bridgehead atoms. The number of piperidine rings is 1. The van der Waals surface area contributed by atoms with Crippen molar-refractivity contribution in [1.82, 2.24) is 19.7 Å². The first-order valence-electron chi connectivity index (χ1n) is 9.98. The first-order chi connectivity index (χ1) is 15.0. The van der Waals surface area contributed by atoms with Crippen molar-refractivity contribution in [1.29, 1.82) is 0 Å². The van der Waals surface area contributed by atoms with Gasteiger partial charge in [-0.2, -0.15) is 5.10 Å². The van der Waals surface area contributed by atoms with Crippen molar-refractivity contribution in [3.8, 4) is 5.82 Å².